The number of nitrogens with one attached hydrogen (secondary N) is 1. The maximum atomic E-state index is 13.6. The Bertz CT molecular complexity index is 1140. The number of sulfonamides is 1. The van der Waals surface area contributed by atoms with Crippen LogP contribution >= 0.6 is 0 Å². The molecule has 2 amide bonds. The van der Waals surface area contributed by atoms with E-state index in [-0.39, 0.29) is 25.1 Å². The number of nitrogens with zero attached hydrogens (tertiary/aromatic N) is 2. The number of carbonyl (C=O) groups is 2. The molecule has 1 N–H and O–H groups in total. The lowest BCUT2D eigenvalue weighted by Crippen LogP contribution is -2.49. The Hall–Kier alpha value is -3.33. The van der Waals surface area contributed by atoms with Gasteiger partial charge in [-0.05, 0) is 42.5 Å². The normalized spacial score (nSPS) is 18.6. The molecule has 0 radical (unpaired) electrons. The van der Waals surface area contributed by atoms with Gasteiger partial charge in [-0.25, -0.2) is 13.2 Å². The molecule has 9 heteroatoms. The SMILES string of the molecule is C=CC(=O)NC1CCN(S(=O)(=O)C2CCN(C(=O)OCc3ccccc3)CC2)c2ccccc21. The fourth-order valence-electron chi connectivity index (χ4n) is 4.50. The van der Waals surface area contributed by atoms with Crippen molar-refractivity contribution in [3.05, 3.63) is 78.4 Å². The first-order chi connectivity index (χ1) is 16.4. The van der Waals surface area contributed by atoms with Gasteiger partial charge in [-0.1, -0.05) is 55.1 Å². The summed E-state index contributed by atoms with van der Waals surface area (Å²) in [6.45, 7) is 4.60. The van der Waals surface area contributed by atoms with Crippen molar-refractivity contribution in [1.29, 1.82) is 0 Å². The zero-order valence-corrected chi connectivity index (χ0v) is 19.7. The molecule has 0 bridgehead atoms. The van der Waals surface area contributed by atoms with Crippen LogP contribution in [0.4, 0.5) is 10.5 Å². The van der Waals surface area contributed by atoms with Crippen LogP contribution in [0.15, 0.2) is 67.3 Å². The number of rotatable bonds is 6. The molecule has 4 rings (SSSR count). The summed E-state index contributed by atoms with van der Waals surface area (Å²) in [6, 6.07) is 16.4. The van der Waals surface area contributed by atoms with E-state index < -0.39 is 21.4 Å². The van der Waals surface area contributed by atoms with Crippen LogP contribution in [-0.4, -0.2) is 50.2 Å². The molecule has 1 atom stereocenters. The molecule has 0 aromatic heterocycles. The van der Waals surface area contributed by atoms with Crippen molar-refractivity contribution in [2.24, 2.45) is 0 Å². The average Bonchev–Trinajstić information content (AvgIpc) is 2.88. The topological polar surface area (TPSA) is 96.0 Å². The fourth-order valence-corrected chi connectivity index (χ4v) is 6.47. The van der Waals surface area contributed by atoms with E-state index in [0.717, 1.165) is 11.1 Å². The van der Waals surface area contributed by atoms with E-state index in [2.05, 4.69) is 11.9 Å². The molecule has 2 aromatic rings. The third kappa shape index (κ3) is 5.09. The number of para-hydroxylation sites is 1. The van der Waals surface area contributed by atoms with E-state index in [0.29, 0.717) is 38.0 Å². The molecule has 1 fully saturated rings. The van der Waals surface area contributed by atoms with Crippen LogP contribution < -0.4 is 9.62 Å². The van der Waals surface area contributed by atoms with Gasteiger partial charge in [0.1, 0.15) is 6.61 Å². The predicted octanol–water partition coefficient (Wildman–Crippen LogP) is 3.37. The standard InChI is InChI=1S/C25H29N3O5S/c1-2-24(29)26-22-14-17-28(23-11-7-6-10-21(22)23)34(31,32)20-12-15-27(16-13-20)25(30)33-18-19-8-4-3-5-9-19/h2-11,20,22H,1,12-18H2,(H,26,29). The first-order valence-electron chi connectivity index (χ1n) is 11.4. The Morgan fingerprint density at radius 3 is 2.38 bits per heavy atom. The van der Waals surface area contributed by atoms with Crippen LogP contribution in [0.3, 0.4) is 0 Å². The van der Waals surface area contributed by atoms with E-state index in [1.54, 1.807) is 17.0 Å². The average molecular weight is 484 g/mol. The highest BCUT2D eigenvalue weighted by Gasteiger charge is 2.39. The molecule has 2 aromatic carbocycles. The predicted molar refractivity (Wildman–Crippen MR) is 130 cm³/mol. The Labute approximate surface area is 200 Å². The van der Waals surface area contributed by atoms with Crippen LogP contribution in [0, 0.1) is 0 Å². The van der Waals surface area contributed by atoms with Gasteiger partial charge in [0.25, 0.3) is 0 Å². The van der Waals surface area contributed by atoms with Crippen molar-refractivity contribution >= 4 is 27.7 Å². The third-order valence-electron chi connectivity index (χ3n) is 6.34. The second-order valence-electron chi connectivity index (χ2n) is 8.46. The van der Waals surface area contributed by atoms with Crippen LogP contribution in [0.5, 0.6) is 0 Å². The second kappa shape index (κ2) is 10.3. The number of ether oxygens (including phenoxy) is 1. The van der Waals surface area contributed by atoms with Crippen LogP contribution in [-0.2, 0) is 26.2 Å². The summed E-state index contributed by atoms with van der Waals surface area (Å²) in [5, 5.41) is 2.30. The number of hydrogen-bond acceptors (Lipinski definition) is 5. The second-order valence-corrected chi connectivity index (χ2v) is 10.6. The van der Waals surface area contributed by atoms with Gasteiger partial charge in [-0.15, -0.1) is 0 Å². The van der Waals surface area contributed by atoms with E-state index in [1.165, 1.54) is 10.4 Å². The highest BCUT2D eigenvalue weighted by molar-refractivity contribution is 7.93. The van der Waals surface area contributed by atoms with Crippen molar-refractivity contribution < 1.29 is 22.7 Å². The number of likely N-dealkylation sites (tertiary alicyclic amines) is 1. The molecular formula is C25H29N3O5S. The first-order valence-corrected chi connectivity index (χ1v) is 12.9. The lowest BCUT2D eigenvalue weighted by Gasteiger charge is -2.39. The number of piperidine rings is 1. The van der Waals surface area contributed by atoms with Gasteiger partial charge in [0, 0.05) is 19.6 Å². The molecule has 1 saturated heterocycles. The molecule has 8 nitrogen and oxygen atoms in total. The van der Waals surface area contributed by atoms with Crippen LogP contribution in [0.25, 0.3) is 0 Å². The largest absolute Gasteiger partial charge is 0.445 e. The smallest absolute Gasteiger partial charge is 0.410 e. The van der Waals surface area contributed by atoms with Gasteiger partial charge in [-0.2, -0.15) is 0 Å². The fraction of sp³-hybridized carbons (Fsp3) is 0.360. The molecule has 0 saturated carbocycles. The van der Waals surface area contributed by atoms with E-state index in [1.807, 2.05) is 42.5 Å². The van der Waals surface area contributed by atoms with Crippen molar-refractivity contribution in [2.45, 2.75) is 37.2 Å². The van der Waals surface area contributed by atoms with Crippen molar-refractivity contribution in [1.82, 2.24) is 10.2 Å². The Balaban J connectivity index is 1.40. The Morgan fingerprint density at radius 2 is 1.68 bits per heavy atom. The summed E-state index contributed by atoms with van der Waals surface area (Å²) < 4.78 is 34.0. The summed E-state index contributed by atoms with van der Waals surface area (Å²) in [4.78, 5) is 25.8. The van der Waals surface area contributed by atoms with Gasteiger partial charge in [0.05, 0.1) is 17.0 Å². The van der Waals surface area contributed by atoms with Gasteiger partial charge in [-0.3, -0.25) is 9.10 Å². The minimum absolute atomic E-state index is 0.187. The monoisotopic (exact) mass is 483 g/mol. The lowest BCUT2D eigenvalue weighted by molar-refractivity contribution is -0.117. The molecular weight excluding hydrogens is 454 g/mol. The number of anilines is 1. The summed E-state index contributed by atoms with van der Waals surface area (Å²) in [6.07, 6.45) is 1.95. The number of hydrogen-bond donors (Lipinski definition) is 1. The highest BCUT2D eigenvalue weighted by atomic mass is 32.2. The molecule has 0 spiro atoms. The maximum absolute atomic E-state index is 13.6. The Morgan fingerprint density at radius 1 is 1.00 bits per heavy atom. The van der Waals surface area contributed by atoms with Crippen molar-refractivity contribution in [2.75, 3.05) is 23.9 Å². The quantitative estimate of drug-likeness (QED) is 0.636. The summed E-state index contributed by atoms with van der Waals surface area (Å²) >= 11 is 0. The molecule has 180 valence electrons. The van der Waals surface area contributed by atoms with Gasteiger partial charge in [0.2, 0.25) is 15.9 Å². The van der Waals surface area contributed by atoms with Crippen LogP contribution in [0.1, 0.15) is 36.4 Å². The van der Waals surface area contributed by atoms with Gasteiger partial charge >= 0.3 is 6.09 Å². The Kier molecular flexibility index (Phi) is 7.21. The van der Waals surface area contributed by atoms with E-state index in [4.69, 9.17) is 4.74 Å². The molecule has 1 unspecified atom stereocenters. The zero-order chi connectivity index (χ0) is 24.1. The molecule has 2 aliphatic heterocycles. The van der Waals surface area contributed by atoms with Gasteiger partial charge in [0.15, 0.2) is 0 Å². The number of benzene rings is 2. The van der Waals surface area contributed by atoms with Crippen LogP contribution in [0.2, 0.25) is 0 Å². The summed E-state index contributed by atoms with van der Waals surface area (Å²) in [5.41, 5.74) is 2.27. The van der Waals surface area contributed by atoms with E-state index in [9.17, 15) is 18.0 Å². The minimum atomic E-state index is -3.64. The first kappa shape index (κ1) is 23.8. The van der Waals surface area contributed by atoms with E-state index >= 15 is 0 Å². The third-order valence-corrected chi connectivity index (χ3v) is 8.64. The lowest BCUT2D eigenvalue weighted by atomic mass is 9.98. The molecule has 34 heavy (non-hydrogen) atoms. The molecule has 2 heterocycles. The van der Waals surface area contributed by atoms with Crippen molar-refractivity contribution in [3.8, 4) is 0 Å². The summed E-state index contributed by atoms with van der Waals surface area (Å²) in [7, 11) is -3.64. The van der Waals surface area contributed by atoms with Gasteiger partial charge < -0.3 is 15.0 Å². The maximum Gasteiger partial charge on any atom is 0.410 e. The zero-order valence-electron chi connectivity index (χ0n) is 18.9. The highest BCUT2D eigenvalue weighted by Crippen LogP contribution is 2.37. The number of carbonyl (C=O) groups excluding carboxylic acids is 2. The molecule has 0 aliphatic carbocycles. The summed E-state index contributed by atoms with van der Waals surface area (Å²) in [5.74, 6) is -0.289. The van der Waals surface area contributed by atoms with Crippen molar-refractivity contribution in [3.63, 3.8) is 0 Å². The molecule has 2 aliphatic rings. The number of amides is 2. The number of fused-ring (bicyclic) bond motifs is 1. The minimum Gasteiger partial charge on any atom is -0.445 e.